The molecule has 0 N–H and O–H groups in total. The molecule has 2 aliphatic heterocycles. The highest BCUT2D eigenvalue weighted by atomic mass is 32.4. The van der Waals surface area contributed by atoms with E-state index in [4.69, 9.17) is 21.3 Å². The van der Waals surface area contributed by atoms with Crippen molar-refractivity contribution >= 4 is 33.8 Å². The summed E-state index contributed by atoms with van der Waals surface area (Å²) in [7, 11) is 0. The van der Waals surface area contributed by atoms with Crippen molar-refractivity contribution in [2.24, 2.45) is 0 Å². The topological polar surface area (TPSA) is 31.4 Å². The smallest absolute Gasteiger partial charge is 0.144 e. The molecule has 1 aromatic heterocycles. The van der Waals surface area contributed by atoms with Crippen LogP contribution >= 0.6 is 6.04 Å². The number of benzene rings is 5. The molecule has 2 aliphatic rings. The van der Waals surface area contributed by atoms with Gasteiger partial charge < -0.3 is 9.47 Å². The molecule has 0 saturated heterocycles. The monoisotopic (exact) mass is 551 g/mol. The number of para-hydroxylation sites is 2. The molecular formula is C35H22NO2PS. The van der Waals surface area contributed by atoms with Crippen molar-refractivity contribution in [1.82, 2.24) is 4.98 Å². The first-order valence-electron chi connectivity index (χ1n) is 13.2. The molecule has 190 valence electrons. The summed E-state index contributed by atoms with van der Waals surface area (Å²) in [6.45, 7) is 0. The molecule has 5 heteroatoms. The number of hydrogen-bond donors (Lipinski definition) is 0. The fourth-order valence-corrected chi connectivity index (χ4v) is 10.3. The maximum absolute atomic E-state index is 6.87. The Balaban J connectivity index is 1.46. The summed E-state index contributed by atoms with van der Waals surface area (Å²) >= 11 is 6.87. The minimum atomic E-state index is -2.56. The van der Waals surface area contributed by atoms with Gasteiger partial charge in [-0.25, -0.2) is 0 Å². The van der Waals surface area contributed by atoms with E-state index in [2.05, 4.69) is 102 Å². The maximum atomic E-state index is 6.87. The molecule has 3 heterocycles. The van der Waals surface area contributed by atoms with Crippen molar-refractivity contribution in [3.05, 3.63) is 134 Å². The highest BCUT2D eigenvalue weighted by molar-refractivity contribution is 8.26. The summed E-state index contributed by atoms with van der Waals surface area (Å²) in [5, 5.41) is 3.08. The zero-order valence-electron chi connectivity index (χ0n) is 21.3. The maximum Gasteiger partial charge on any atom is 0.144 e. The quantitative estimate of drug-likeness (QED) is 0.208. The molecule has 0 amide bonds. The highest BCUT2D eigenvalue weighted by Crippen LogP contribution is 2.61. The molecule has 3 nitrogen and oxygen atoms in total. The fourth-order valence-electron chi connectivity index (χ4n) is 5.77. The van der Waals surface area contributed by atoms with Gasteiger partial charge in [0.15, 0.2) is 0 Å². The second kappa shape index (κ2) is 9.02. The van der Waals surface area contributed by atoms with Crippen LogP contribution in [0.5, 0.6) is 23.0 Å². The van der Waals surface area contributed by atoms with E-state index in [9.17, 15) is 0 Å². The molecule has 0 fully saturated rings. The number of aromatic nitrogens is 1. The van der Waals surface area contributed by atoms with E-state index >= 15 is 0 Å². The molecule has 0 spiro atoms. The van der Waals surface area contributed by atoms with Gasteiger partial charge >= 0.3 is 0 Å². The summed E-state index contributed by atoms with van der Waals surface area (Å²) in [4.78, 5) is 4.62. The van der Waals surface area contributed by atoms with Gasteiger partial charge in [0.05, 0.1) is 17.0 Å². The predicted octanol–water partition coefficient (Wildman–Crippen LogP) is 8.05. The lowest BCUT2D eigenvalue weighted by molar-refractivity contribution is 0.468. The van der Waals surface area contributed by atoms with E-state index in [0.717, 1.165) is 72.4 Å². The Bertz CT molecular complexity index is 1860. The van der Waals surface area contributed by atoms with Crippen LogP contribution in [0.1, 0.15) is 0 Å². The van der Waals surface area contributed by atoms with Crippen molar-refractivity contribution in [3.8, 4) is 56.5 Å². The van der Waals surface area contributed by atoms with Gasteiger partial charge in [0.2, 0.25) is 0 Å². The van der Waals surface area contributed by atoms with E-state index in [1.165, 1.54) is 0 Å². The molecule has 5 aromatic carbocycles. The summed E-state index contributed by atoms with van der Waals surface area (Å²) in [6.07, 6.45) is 1.80. The molecule has 0 aliphatic carbocycles. The molecule has 0 atom stereocenters. The summed E-state index contributed by atoms with van der Waals surface area (Å²) in [6, 6.07) is 41.0. The van der Waals surface area contributed by atoms with Crippen LogP contribution in [-0.2, 0) is 11.8 Å². The lowest BCUT2D eigenvalue weighted by atomic mass is 10.0. The third-order valence-corrected chi connectivity index (χ3v) is 12.4. The minimum absolute atomic E-state index is 0.744. The van der Waals surface area contributed by atoms with Gasteiger partial charge in [-0.05, 0) is 47.5 Å². The van der Waals surface area contributed by atoms with Gasteiger partial charge in [-0.1, -0.05) is 103 Å². The van der Waals surface area contributed by atoms with E-state index in [0.29, 0.717) is 0 Å². The second-order valence-electron chi connectivity index (χ2n) is 9.89. The van der Waals surface area contributed by atoms with Crippen molar-refractivity contribution in [3.63, 3.8) is 0 Å². The van der Waals surface area contributed by atoms with Gasteiger partial charge in [-0.15, -0.1) is 0 Å². The number of nitrogens with zero attached hydrogens (tertiary/aromatic N) is 1. The van der Waals surface area contributed by atoms with Crippen molar-refractivity contribution in [2.45, 2.75) is 0 Å². The normalized spacial score (nSPS) is 13.7. The Morgan fingerprint density at radius 2 is 1.05 bits per heavy atom. The summed E-state index contributed by atoms with van der Waals surface area (Å²) in [5.74, 6) is 3.14. The Kier molecular flexibility index (Phi) is 5.28. The molecule has 6 aromatic rings. The lowest BCUT2D eigenvalue weighted by Gasteiger charge is -2.38. The molecule has 0 saturated carbocycles. The highest BCUT2D eigenvalue weighted by Gasteiger charge is 2.44. The first kappa shape index (κ1) is 23.4. The predicted molar refractivity (Wildman–Crippen MR) is 167 cm³/mol. The van der Waals surface area contributed by atoms with Crippen LogP contribution in [0.25, 0.3) is 33.5 Å². The van der Waals surface area contributed by atoms with Crippen LogP contribution in [0.2, 0.25) is 0 Å². The molecule has 40 heavy (non-hydrogen) atoms. The third-order valence-electron chi connectivity index (χ3n) is 7.58. The molecule has 0 bridgehead atoms. The molecule has 8 rings (SSSR count). The van der Waals surface area contributed by atoms with Crippen LogP contribution in [-0.4, -0.2) is 4.98 Å². The number of rotatable bonds is 3. The largest absolute Gasteiger partial charge is 0.455 e. The third kappa shape index (κ3) is 3.43. The van der Waals surface area contributed by atoms with Crippen molar-refractivity contribution in [2.75, 3.05) is 0 Å². The first-order valence-corrected chi connectivity index (χ1v) is 16.0. The SMILES string of the molecule is S=P12c3cccc(-c4ccccc4)c3Oc3cc(-c4ccccn4)cc(c31)Oc1c(-c3ccccc3)cccc12. The molecular weight excluding hydrogens is 529 g/mol. The average molecular weight is 552 g/mol. The van der Waals surface area contributed by atoms with E-state index < -0.39 is 6.04 Å². The standard InChI is InChI=1S/C35H22NO2PS/c40-39-31-18-9-15-26(23-11-3-1-4-12-23)33(31)37-29-21-25(28-17-7-8-20-36-28)22-30(35(29)39)38-34-27(16-10-19-32(34)39)24-13-5-2-6-14-24/h1-22H. The van der Waals surface area contributed by atoms with Gasteiger partial charge in [0.25, 0.3) is 0 Å². The Morgan fingerprint density at radius 3 is 1.55 bits per heavy atom. The number of hydrogen-bond acceptors (Lipinski definition) is 4. The lowest BCUT2D eigenvalue weighted by Crippen LogP contribution is -2.35. The van der Waals surface area contributed by atoms with Gasteiger partial charge in [0, 0.05) is 33.5 Å². The van der Waals surface area contributed by atoms with Crippen LogP contribution < -0.4 is 25.4 Å². The number of fused-ring (bicyclic) bond motifs is 4. The van der Waals surface area contributed by atoms with Gasteiger partial charge in [-0.3, -0.25) is 4.98 Å². The second-order valence-corrected chi connectivity index (χ2v) is 14.2. The fraction of sp³-hybridized carbons (Fsp3) is 0. The zero-order valence-corrected chi connectivity index (χ0v) is 23.0. The number of pyridine rings is 1. The van der Waals surface area contributed by atoms with Crippen LogP contribution in [0.15, 0.2) is 134 Å². The van der Waals surface area contributed by atoms with Crippen LogP contribution in [0.4, 0.5) is 0 Å². The summed E-state index contributed by atoms with van der Waals surface area (Å²) < 4.78 is 13.6. The van der Waals surface area contributed by atoms with E-state index in [-0.39, 0.29) is 0 Å². The van der Waals surface area contributed by atoms with Gasteiger partial charge in [-0.2, -0.15) is 0 Å². The van der Waals surface area contributed by atoms with Crippen molar-refractivity contribution in [1.29, 1.82) is 0 Å². The Labute approximate surface area is 237 Å². The van der Waals surface area contributed by atoms with E-state index in [1.807, 2.05) is 30.3 Å². The Morgan fingerprint density at radius 1 is 0.525 bits per heavy atom. The van der Waals surface area contributed by atoms with Crippen molar-refractivity contribution < 1.29 is 9.47 Å². The summed E-state index contributed by atoms with van der Waals surface area (Å²) in [5.41, 5.74) is 6.03. The van der Waals surface area contributed by atoms with Crippen LogP contribution in [0.3, 0.4) is 0 Å². The first-order chi connectivity index (χ1) is 19.7. The minimum Gasteiger partial charge on any atom is -0.455 e. The average Bonchev–Trinajstić information content (AvgIpc) is 3.02. The molecule has 0 radical (unpaired) electrons. The zero-order chi connectivity index (χ0) is 26.7. The number of ether oxygens (including phenoxy) is 2. The van der Waals surface area contributed by atoms with Gasteiger partial charge in [0.1, 0.15) is 23.0 Å². The molecule has 0 unspecified atom stereocenters. The van der Waals surface area contributed by atoms with Crippen LogP contribution in [0, 0.1) is 0 Å². The van der Waals surface area contributed by atoms with E-state index in [1.54, 1.807) is 6.20 Å². The Hall–Kier alpha value is -4.50.